The van der Waals surface area contributed by atoms with Crippen molar-refractivity contribution in [2.45, 2.75) is 50.7 Å². The van der Waals surface area contributed by atoms with Gasteiger partial charge in [0.1, 0.15) is 17.9 Å². The summed E-state index contributed by atoms with van der Waals surface area (Å²) >= 11 is 0. The summed E-state index contributed by atoms with van der Waals surface area (Å²) in [4.78, 5) is 52.5. The van der Waals surface area contributed by atoms with E-state index < -0.39 is 11.5 Å². The van der Waals surface area contributed by atoms with Crippen LogP contribution in [0, 0.1) is 12.8 Å². The van der Waals surface area contributed by atoms with Crippen LogP contribution >= 0.6 is 0 Å². The minimum atomic E-state index is -0.956. The number of hydrogen-bond donors (Lipinski definition) is 1. The first-order chi connectivity index (χ1) is 19.0. The lowest BCUT2D eigenvalue weighted by atomic mass is 9.78. The van der Waals surface area contributed by atoms with Gasteiger partial charge in [-0.05, 0) is 57.4 Å². The van der Waals surface area contributed by atoms with Crippen LogP contribution in [0.5, 0.6) is 0 Å². The average molecular weight is 527 g/mol. The first kappa shape index (κ1) is 24.3. The SMILES string of the molecule is Cc1nc2ccccc2n1CC(=O)N1CCCNC(=O)[C@H]2C[C@@H]3CCCN3[C@@]23C(=O)N(CC1)c1ccccc13. The number of rotatable bonds is 2. The zero-order valence-electron chi connectivity index (χ0n) is 22.3. The van der Waals surface area contributed by atoms with Crippen LogP contribution in [0.3, 0.4) is 0 Å². The highest BCUT2D eigenvalue weighted by molar-refractivity contribution is 6.11. The molecule has 0 radical (unpaired) electrons. The number of anilines is 1. The molecule has 39 heavy (non-hydrogen) atoms. The van der Waals surface area contributed by atoms with Crippen LogP contribution in [0.4, 0.5) is 5.69 Å². The number of imidazole rings is 1. The molecule has 3 amide bonds. The van der Waals surface area contributed by atoms with Gasteiger partial charge < -0.3 is 19.7 Å². The van der Waals surface area contributed by atoms with Crippen molar-refractivity contribution in [2.24, 2.45) is 5.92 Å². The lowest BCUT2D eigenvalue weighted by Crippen LogP contribution is -2.57. The highest BCUT2D eigenvalue weighted by atomic mass is 16.2. The van der Waals surface area contributed by atoms with Crippen LogP contribution in [-0.4, -0.2) is 75.8 Å². The molecule has 0 aliphatic carbocycles. The van der Waals surface area contributed by atoms with Gasteiger partial charge in [0, 0.05) is 43.5 Å². The average Bonchev–Trinajstić information content (AvgIpc) is 3.66. The molecule has 7 rings (SSSR count). The van der Waals surface area contributed by atoms with Gasteiger partial charge in [-0.1, -0.05) is 30.3 Å². The summed E-state index contributed by atoms with van der Waals surface area (Å²) in [5.74, 6) is 0.309. The van der Waals surface area contributed by atoms with Gasteiger partial charge in [0.2, 0.25) is 11.8 Å². The summed E-state index contributed by atoms with van der Waals surface area (Å²) in [6, 6.07) is 16.0. The van der Waals surface area contributed by atoms with Crippen molar-refractivity contribution in [2.75, 3.05) is 37.6 Å². The molecule has 3 atom stereocenters. The molecule has 9 heteroatoms. The lowest BCUT2D eigenvalue weighted by Gasteiger charge is -2.38. The van der Waals surface area contributed by atoms with Crippen molar-refractivity contribution in [3.05, 3.63) is 59.9 Å². The van der Waals surface area contributed by atoms with E-state index in [2.05, 4.69) is 15.2 Å². The third-order valence-corrected chi connectivity index (χ3v) is 9.32. The van der Waals surface area contributed by atoms with E-state index in [-0.39, 0.29) is 30.3 Å². The van der Waals surface area contributed by atoms with Gasteiger partial charge in [0.15, 0.2) is 0 Å². The Morgan fingerprint density at radius 3 is 2.74 bits per heavy atom. The van der Waals surface area contributed by atoms with Crippen molar-refractivity contribution in [1.82, 2.24) is 24.7 Å². The van der Waals surface area contributed by atoms with Crippen molar-refractivity contribution < 1.29 is 14.4 Å². The van der Waals surface area contributed by atoms with Crippen LogP contribution in [0.1, 0.15) is 37.1 Å². The highest BCUT2D eigenvalue weighted by Crippen LogP contribution is 2.57. The molecule has 3 fully saturated rings. The maximum atomic E-state index is 14.5. The molecule has 9 nitrogen and oxygen atoms in total. The summed E-state index contributed by atoms with van der Waals surface area (Å²) in [6.45, 7) is 4.76. The highest BCUT2D eigenvalue weighted by Gasteiger charge is 2.67. The minimum Gasteiger partial charge on any atom is -0.356 e. The monoisotopic (exact) mass is 526 g/mol. The van der Waals surface area contributed by atoms with E-state index in [9.17, 15) is 14.4 Å². The lowest BCUT2D eigenvalue weighted by molar-refractivity contribution is -0.139. The van der Waals surface area contributed by atoms with E-state index in [0.29, 0.717) is 39.0 Å². The normalized spacial score (nSPS) is 27.1. The Morgan fingerprint density at radius 2 is 1.85 bits per heavy atom. The van der Waals surface area contributed by atoms with Crippen LogP contribution in [-0.2, 0) is 26.5 Å². The number of carbonyl (C=O) groups is 3. The summed E-state index contributed by atoms with van der Waals surface area (Å²) in [6.07, 6.45) is 3.43. The number of aromatic nitrogens is 2. The predicted octanol–water partition coefficient (Wildman–Crippen LogP) is 2.42. The zero-order chi connectivity index (χ0) is 26.7. The molecule has 1 N–H and O–H groups in total. The van der Waals surface area contributed by atoms with Crippen molar-refractivity contribution in [3.63, 3.8) is 0 Å². The van der Waals surface area contributed by atoms with Gasteiger partial charge in [-0.2, -0.15) is 0 Å². The second-order valence-electron chi connectivity index (χ2n) is 11.3. The molecule has 1 aromatic heterocycles. The van der Waals surface area contributed by atoms with E-state index in [1.807, 2.05) is 69.8 Å². The summed E-state index contributed by atoms with van der Waals surface area (Å²) in [7, 11) is 0. The number of amides is 3. The van der Waals surface area contributed by atoms with Crippen LogP contribution in [0.15, 0.2) is 48.5 Å². The molecule has 3 aromatic rings. The quantitative estimate of drug-likeness (QED) is 0.554. The fraction of sp³-hybridized carbons (Fsp3) is 0.467. The van der Waals surface area contributed by atoms with Crippen molar-refractivity contribution in [3.8, 4) is 0 Å². The molecule has 2 bridgehead atoms. The Kier molecular flexibility index (Phi) is 5.73. The predicted molar refractivity (Wildman–Crippen MR) is 147 cm³/mol. The van der Waals surface area contributed by atoms with Crippen LogP contribution in [0.2, 0.25) is 0 Å². The van der Waals surface area contributed by atoms with Gasteiger partial charge in [-0.25, -0.2) is 4.98 Å². The molecule has 0 unspecified atom stereocenters. The van der Waals surface area contributed by atoms with Gasteiger partial charge in [0.25, 0.3) is 5.91 Å². The molecule has 4 aliphatic rings. The van der Waals surface area contributed by atoms with Crippen LogP contribution in [0.25, 0.3) is 11.0 Å². The van der Waals surface area contributed by atoms with Gasteiger partial charge in [-0.3, -0.25) is 19.3 Å². The summed E-state index contributed by atoms with van der Waals surface area (Å²) in [5, 5.41) is 3.14. The number of hydrogen-bond acceptors (Lipinski definition) is 5. The van der Waals surface area contributed by atoms with Gasteiger partial charge in [-0.15, -0.1) is 0 Å². The number of nitrogens with one attached hydrogen (secondary N) is 1. The van der Waals surface area contributed by atoms with Gasteiger partial charge in [0.05, 0.1) is 17.0 Å². The second-order valence-corrected chi connectivity index (χ2v) is 11.3. The molecule has 5 heterocycles. The van der Waals surface area contributed by atoms with Gasteiger partial charge >= 0.3 is 0 Å². The third-order valence-electron chi connectivity index (χ3n) is 9.32. The molecule has 1 spiro atoms. The largest absolute Gasteiger partial charge is 0.356 e. The third kappa shape index (κ3) is 3.55. The molecule has 0 saturated carbocycles. The molecule has 202 valence electrons. The Labute approximate surface area is 227 Å². The maximum Gasteiger partial charge on any atom is 0.253 e. The molecular formula is C30H34N6O3. The Morgan fingerprint density at radius 1 is 1.03 bits per heavy atom. The van der Waals surface area contributed by atoms with E-state index in [1.165, 1.54) is 0 Å². The van der Waals surface area contributed by atoms with E-state index in [1.54, 1.807) is 0 Å². The number of benzene rings is 2. The first-order valence-corrected chi connectivity index (χ1v) is 14.2. The molecular weight excluding hydrogens is 492 g/mol. The number of carbonyl (C=O) groups excluding carboxylic acids is 3. The van der Waals surface area contributed by atoms with Crippen LogP contribution < -0.4 is 10.2 Å². The smallest absolute Gasteiger partial charge is 0.253 e. The fourth-order valence-electron chi connectivity index (χ4n) is 7.60. The molecule has 4 aliphatic heterocycles. The Hall–Kier alpha value is -3.72. The van der Waals surface area contributed by atoms with Crippen molar-refractivity contribution in [1.29, 1.82) is 0 Å². The molecule has 2 aromatic carbocycles. The second kappa shape index (κ2) is 9.19. The topological polar surface area (TPSA) is 90.8 Å². The first-order valence-electron chi connectivity index (χ1n) is 14.2. The Bertz CT molecular complexity index is 1480. The van der Waals surface area contributed by atoms with E-state index in [4.69, 9.17) is 0 Å². The zero-order valence-corrected chi connectivity index (χ0v) is 22.3. The number of nitrogens with zero attached hydrogens (tertiary/aromatic N) is 5. The summed E-state index contributed by atoms with van der Waals surface area (Å²) in [5.41, 5.74) is 2.66. The summed E-state index contributed by atoms with van der Waals surface area (Å²) < 4.78 is 1.96. The van der Waals surface area contributed by atoms with Crippen molar-refractivity contribution >= 4 is 34.4 Å². The standard InChI is InChI=1S/C30H34N6O3/c1-20-32-24-10-3-5-12-26(24)35(20)19-27(37)33-14-7-13-31-28(38)23-18-21-8-6-15-36(21)30(23)22-9-2-4-11-25(22)34(17-16-33)29(30)39/h2-5,9-12,21,23H,6-8,13-19H2,1H3,(H,31,38)/t21-,23+,30+/m0/s1. The molecule has 3 saturated heterocycles. The number of para-hydroxylation sites is 3. The number of fused-ring (bicyclic) bond motifs is 5. The minimum absolute atomic E-state index is 0.0160. The fourth-order valence-corrected chi connectivity index (χ4v) is 7.60. The maximum absolute atomic E-state index is 14.5. The van der Waals surface area contributed by atoms with E-state index >= 15 is 0 Å². The van der Waals surface area contributed by atoms with E-state index in [0.717, 1.165) is 47.5 Å². The number of aryl methyl sites for hydroxylation is 1. The Balaban J connectivity index is 1.22.